The molecule has 2 rings (SSSR count). The van der Waals surface area contributed by atoms with E-state index in [4.69, 9.17) is 0 Å². The standard InChI is InChI=1S/C15H22F2N2/c1-11-5-4-8-19(9-11)10-14(18-2)12-6-3-7-13(16)15(12)17/h3,6-7,11,14,18H,4-5,8-10H2,1-2H3. The fraction of sp³-hybridized carbons (Fsp3) is 0.600. The van der Waals surface area contributed by atoms with Gasteiger partial charge in [-0.1, -0.05) is 19.1 Å². The Balaban J connectivity index is 2.09. The van der Waals surface area contributed by atoms with Gasteiger partial charge in [-0.05, 0) is 38.4 Å². The number of hydrogen-bond acceptors (Lipinski definition) is 2. The minimum Gasteiger partial charge on any atom is -0.312 e. The number of hydrogen-bond donors (Lipinski definition) is 1. The number of benzene rings is 1. The Kier molecular flexibility index (Phi) is 4.88. The summed E-state index contributed by atoms with van der Waals surface area (Å²) in [4.78, 5) is 2.33. The van der Waals surface area contributed by atoms with Crippen LogP contribution in [-0.2, 0) is 0 Å². The molecule has 1 aromatic rings. The van der Waals surface area contributed by atoms with Crippen molar-refractivity contribution in [2.45, 2.75) is 25.8 Å². The molecule has 0 aliphatic carbocycles. The van der Waals surface area contributed by atoms with E-state index in [1.54, 1.807) is 19.2 Å². The van der Waals surface area contributed by atoms with E-state index in [1.165, 1.54) is 12.8 Å². The first kappa shape index (κ1) is 14.4. The van der Waals surface area contributed by atoms with Crippen LogP contribution in [0.5, 0.6) is 0 Å². The molecule has 2 atom stereocenters. The van der Waals surface area contributed by atoms with E-state index in [-0.39, 0.29) is 6.04 Å². The van der Waals surface area contributed by atoms with Crippen molar-refractivity contribution in [3.05, 3.63) is 35.4 Å². The second kappa shape index (κ2) is 6.44. The zero-order valence-electron chi connectivity index (χ0n) is 11.6. The van der Waals surface area contributed by atoms with Crippen molar-refractivity contribution in [2.75, 3.05) is 26.7 Å². The molecule has 0 radical (unpaired) electrons. The highest BCUT2D eigenvalue weighted by Gasteiger charge is 2.22. The van der Waals surface area contributed by atoms with Gasteiger partial charge >= 0.3 is 0 Å². The predicted octanol–water partition coefficient (Wildman–Crippen LogP) is 2.96. The molecule has 1 aliphatic heterocycles. The molecule has 0 amide bonds. The van der Waals surface area contributed by atoms with E-state index < -0.39 is 11.6 Å². The van der Waals surface area contributed by atoms with Gasteiger partial charge in [0, 0.05) is 24.7 Å². The monoisotopic (exact) mass is 268 g/mol. The Morgan fingerprint density at radius 2 is 2.21 bits per heavy atom. The molecular weight excluding hydrogens is 246 g/mol. The van der Waals surface area contributed by atoms with Crippen molar-refractivity contribution < 1.29 is 8.78 Å². The molecular formula is C15H22F2N2. The van der Waals surface area contributed by atoms with Crippen molar-refractivity contribution >= 4 is 0 Å². The number of halogens is 2. The van der Waals surface area contributed by atoms with Crippen LogP contribution >= 0.6 is 0 Å². The predicted molar refractivity (Wildman–Crippen MR) is 73.0 cm³/mol. The number of piperidine rings is 1. The highest BCUT2D eigenvalue weighted by atomic mass is 19.2. The summed E-state index contributed by atoms with van der Waals surface area (Å²) in [5, 5.41) is 3.10. The van der Waals surface area contributed by atoms with Crippen molar-refractivity contribution in [3.8, 4) is 0 Å². The first-order valence-electron chi connectivity index (χ1n) is 6.95. The molecule has 4 heteroatoms. The number of likely N-dealkylation sites (N-methyl/N-ethyl adjacent to an activating group) is 1. The van der Waals surface area contributed by atoms with Crippen LogP contribution in [0.1, 0.15) is 31.4 Å². The van der Waals surface area contributed by atoms with Gasteiger partial charge in [0.05, 0.1) is 0 Å². The molecule has 106 valence electrons. The zero-order chi connectivity index (χ0) is 13.8. The Bertz CT molecular complexity index is 423. The van der Waals surface area contributed by atoms with Crippen molar-refractivity contribution in [2.24, 2.45) is 5.92 Å². The molecule has 1 saturated heterocycles. The van der Waals surface area contributed by atoms with E-state index in [0.29, 0.717) is 11.5 Å². The summed E-state index contributed by atoms with van der Waals surface area (Å²) >= 11 is 0. The Hall–Kier alpha value is -1.00. The SMILES string of the molecule is CNC(CN1CCCC(C)C1)c1cccc(F)c1F. The van der Waals surface area contributed by atoms with E-state index in [0.717, 1.165) is 25.7 Å². The highest BCUT2D eigenvalue weighted by molar-refractivity contribution is 5.23. The Labute approximate surface area is 113 Å². The molecule has 2 nitrogen and oxygen atoms in total. The lowest BCUT2D eigenvalue weighted by atomic mass is 9.98. The van der Waals surface area contributed by atoms with Crippen LogP contribution in [0.3, 0.4) is 0 Å². The number of likely N-dealkylation sites (tertiary alicyclic amines) is 1. The van der Waals surface area contributed by atoms with Crippen molar-refractivity contribution in [1.82, 2.24) is 10.2 Å². The van der Waals surface area contributed by atoms with Crippen molar-refractivity contribution in [3.63, 3.8) is 0 Å². The van der Waals surface area contributed by atoms with E-state index in [1.807, 2.05) is 0 Å². The summed E-state index contributed by atoms with van der Waals surface area (Å²) in [6.07, 6.45) is 2.44. The van der Waals surface area contributed by atoms with Gasteiger partial charge in [-0.15, -0.1) is 0 Å². The van der Waals surface area contributed by atoms with Crippen LogP contribution in [-0.4, -0.2) is 31.6 Å². The maximum Gasteiger partial charge on any atom is 0.163 e. The lowest BCUT2D eigenvalue weighted by Crippen LogP contribution is -2.40. The summed E-state index contributed by atoms with van der Waals surface area (Å²) in [6, 6.07) is 4.22. The molecule has 1 heterocycles. The summed E-state index contributed by atoms with van der Waals surface area (Å²) in [5.41, 5.74) is 0.417. The molecule has 1 N–H and O–H groups in total. The Morgan fingerprint density at radius 3 is 2.89 bits per heavy atom. The number of nitrogens with one attached hydrogen (secondary N) is 1. The normalized spacial score (nSPS) is 22.4. The summed E-state index contributed by atoms with van der Waals surface area (Å²) in [6.45, 7) is 5.04. The minimum absolute atomic E-state index is 0.166. The summed E-state index contributed by atoms with van der Waals surface area (Å²) < 4.78 is 27.1. The molecule has 1 aromatic carbocycles. The van der Waals surface area contributed by atoms with Gasteiger partial charge in [0.2, 0.25) is 0 Å². The summed E-state index contributed by atoms with van der Waals surface area (Å²) in [7, 11) is 1.79. The Morgan fingerprint density at radius 1 is 1.42 bits per heavy atom. The fourth-order valence-electron chi connectivity index (χ4n) is 2.85. The lowest BCUT2D eigenvalue weighted by molar-refractivity contribution is 0.168. The van der Waals surface area contributed by atoms with Gasteiger partial charge in [0.25, 0.3) is 0 Å². The molecule has 19 heavy (non-hydrogen) atoms. The maximum absolute atomic E-state index is 13.8. The maximum atomic E-state index is 13.8. The smallest absolute Gasteiger partial charge is 0.163 e. The highest BCUT2D eigenvalue weighted by Crippen LogP contribution is 2.23. The topological polar surface area (TPSA) is 15.3 Å². The quantitative estimate of drug-likeness (QED) is 0.903. The lowest BCUT2D eigenvalue weighted by Gasteiger charge is -2.33. The molecule has 0 spiro atoms. The van der Waals surface area contributed by atoms with Crippen LogP contribution < -0.4 is 5.32 Å². The molecule has 0 aromatic heterocycles. The van der Waals surface area contributed by atoms with Crippen LogP contribution in [0.4, 0.5) is 8.78 Å². The van der Waals surface area contributed by atoms with Crippen LogP contribution in [0, 0.1) is 17.6 Å². The second-order valence-electron chi connectivity index (χ2n) is 5.49. The van der Waals surface area contributed by atoms with Gasteiger partial charge in [-0.25, -0.2) is 8.78 Å². The summed E-state index contributed by atoms with van der Waals surface area (Å²) in [5.74, 6) is -0.819. The van der Waals surface area contributed by atoms with Crippen LogP contribution in [0.2, 0.25) is 0 Å². The number of rotatable bonds is 4. The second-order valence-corrected chi connectivity index (χ2v) is 5.49. The minimum atomic E-state index is -0.773. The first-order chi connectivity index (χ1) is 9.11. The van der Waals surface area contributed by atoms with E-state index in [9.17, 15) is 8.78 Å². The van der Waals surface area contributed by atoms with Crippen LogP contribution in [0.25, 0.3) is 0 Å². The van der Waals surface area contributed by atoms with Gasteiger partial charge in [0.15, 0.2) is 11.6 Å². The van der Waals surface area contributed by atoms with Crippen LogP contribution in [0.15, 0.2) is 18.2 Å². The van der Waals surface area contributed by atoms with Gasteiger partial charge < -0.3 is 10.2 Å². The van der Waals surface area contributed by atoms with E-state index >= 15 is 0 Å². The third kappa shape index (κ3) is 3.51. The molecule has 2 unspecified atom stereocenters. The molecule has 0 saturated carbocycles. The molecule has 0 bridgehead atoms. The van der Waals surface area contributed by atoms with Crippen molar-refractivity contribution in [1.29, 1.82) is 0 Å². The average Bonchev–Trinajstić information content (AvgIpc) is 2.40. The van der Waals surface area contributed by atoms with Gasteiger partial charge in [0.1, 0.15) is 0 Å². The largest absolute Gasteiger partial charge is 0.312 e. The fourth-order valence-corrected chi connectivity index (χ4v) is 2.85. The first-order valence-corrected chi connectivity index (χ1v) is 6.95. The van der Waals surface area contributed by atoms with Gasteiger partial charge in [-0.3, -0.25) is 0 Å². The molecule has 1 aliphatic rings. The zero-order valence-corrected chi connectivity index (χ0v) is 11.6. The average molecular weight is 268 g/mol. The third-order valence-electron chi connectivity index (χ3n) is 3.89. The number of nitrogens with zero attached hydrogens (tertiary/aromatic N) is 1. The molecule has 1 fully saturated rings. The van der Waals surface area contributed by atoms with Gasteiger partial charge in [-0.2, -0.15) is 0 Å². The van der Waals surface area contributed by atoms with E-state index in [2.05, 4.69) is 17.1 Å². The third-order valence-corrected chi connectivity index (χ3v) is 3.89.